The maximum absolute atomic E-state index is 12.4. The zero-order valence-electron chi connectivity index (χ0n) is 10.1. The molecule has 3 rings (SSSR count). The predicted octanol–water partition coefficient (Wildman–Crippen LogP) is 4.07. The first-order valence-electron chi connectivity index (χ1n) is 6.34. The summed E-state index contributed by atoms with van der Waals surface area (Å²) in [6.45, 7) is 1.87. The third-order valence-corrected chi connectivity index (χ3v) is 6.57. The summed E-state index contributed by atoms with van der Waals surface area (Å²) >= 11 is 5.75. The summed E-state index contributed by atoms with van der Waals surface area (Å²) in [5.41, 5.74) is 1.43. The lowest BCUT2D eigenvalue weighted by atomic mass is 9.93. The monoisotopic (exact) mass is 419 g/mol. The van der Waals surface area contributed by atoms with Gasteiger partial charge in [0, 0.05) is 26.7 Å². The number of likely N-dealkylation sites (tertiary alicyclic amines) is 1. The van der Waals surface area contributed by atoms with Gasteiger partial charge in [-0.05, 0) is 87.8 Å². The molecule has 0 bridgehead atoms. The van der Waals surface area contributed by atoms with Crippen LogP contribution in [0.1, 0.15) is 36.0 Å². The van der Waals surface area contributed by atoms with Crippen LogP contribution in [0.3, 0.4) is 0 Å². The fourth-order valence-electron chi connectivity index (χ4n) is 2.67. The molecule has 1 saturated heterocycles. The van der Waals surface area contributed by atoms with E-state index in [0.29, 0.717) is 5.41 Å². The molecular weight excluding hydrogens is 405 g/mol. The van der Waals surface area contributed by atoms with Gasteiger partial charge in [0.1, 0.15) is 0 Å². The van der Waals surface area contributed by atoms with Crippen molar-refractivity contribution in [2.24, 2.45) is 5.41 Å². The Morgan fingerprint density at radius 3 is 2.44 bits per heavy atom. The summed E-state index contributed by atoms with van der Waals surface area (Å²) in [4.78, 5) is 14.4. The molecular formula is C14H15BrINO. The normalized spacial score (nSPS) is 21.1. The molecule has 1 aromatic rings. The van der Waals surface area contributed by atoms with Gasteiger partial charge in [0.05, 0.1) is 0 Å². The molecule has 1 amide bonds. The average molecular weight is 420 g/mol. The highest BCUT2D eigenvalue weighted by atomic mass is 127. The largest absolute Gasteiger partial charge is 0.339 e. The molecule has 0 unspecified atom stereocenters. The van der Waals surface area contributed by atoms with Gasteiger partial charge in [0.25, 0.3) is 5.91 Å². The van der Waals surface area contributed by atoms with Crippen LogP contribution in [0.15, 0.2) is 22.7 Å². The first kappa shape index (κ1) is 12.9. The van der Waals surface area contributed by atoms with Crippen molar-refractivity contribution in [3.63, 3.8) is 0 Å². The molecule has 1 aliphatic heterocycles. The molecule has 1 spiro atoms. The lowest BCUT2D eigenvalue weighted by Gasteiger charge is -2.32. The van der Waals surface area contributed by atoms with Gasteiger partial charge >= 0.3 is 0 Å². The van der Waals surface area contributed by atoms with Crippen molar-refractivity contribution in [2.75, 3.05) is 13.1 Å². The number of halogens is 2. The predicted molar refractivity (Wildman–Crippen MR) is 83.7 cm³/mol. The number of rotatable bonds is 1. The van der Waals surface area contributed by atoms with Gasteiger partial charge in [0.2, 0.25) is 0 Å². The number of carbonyl (C=O) groups is 1. The SMILES string of the molecule is O=C(c1ccc(I)c(Br)c1)N1CCC2(CC1)CC2. The van der Waals surface area contributed by atoms with Crippen LogP contribution < -0.4 is 0 Å². The van der Waals surface area contributed by atoms with Crippen LogP contribution in [-0.4, -0.2) is 23.9 Å². The van der Waals surface area contributed by atoms with Crippen molar-refractivity contribution in [3.05, 3.63) is 31.8 Å². The number of hydrogen-bond donors (Lipinski definition) is 0. The first-order valence-corrected chi connectivity index (χ1v) is 8.21. The number of carbonyl (C=O) groups excluding carboxylic acids is 1. The summed E-state index contributed by atoms with van der Waals surface area (Å²) < 4.78 is 2.14. The third-order valence-electron chi connectivity index (χ3n) is 4.23. The van der Waals surface area contributed by atoms with E-state index < -0.39 is 0 Å². The Morgan fingerprint density at radius 2 is 1.89 bits per heavy atom. The van der Waals surface area contributed by atoms with Gasteiger partial charge in [-0.2, -0.15) is 0 Å². The molecule has 18 heavy (non-hydrogen) atoms. The van der Waals surface area contributed by atoms with Crippen molar-refractivity contribution < 1.29 is 4.79 Å². The van der Waals surface area contributed by atoms with Gasteiger partial charge in [-0.15, -0.1) is 0 Å². The van der Waals surface area contributed by atoms with Gasteiger partial charge in [-0.25, -0.2) is 0 Å². The number of benzene rings is 1. The van der Waals surface area contributed by atoms with E-state index in [1.165, 1.54) is 25.7 Å². The molecule has 0 aromatic heterocycles. The summed E-state index contributed by atoms with van der Waals surface area (Å²) in [7, 11) is 0. The van der Waals surface area contributed by atoms with Gasteiger partial charge in [0.15, 0.2) is 0 Å². The van der Waals surface area contributed by atoms with Crippen molar-refractivity contribution >= 4 is 44.4 Å². The van der Waals surface area contributed by atoms with Gasteiger partial charge < -0.3 is 4.90 Å². The average Bonchev–Trinajstić information content (AvgIpc) is 3.12. The van der Waals surface area contributed by atoms with E-state index in [1.54, 1.807) is 0 Å². The Bertz CT molecular complexity index is 489. The van der Waals surface area contributed by atoms with Crippen molar-refractivity contribution in [1.82, 2.24) is 4.90 Å². The Morgan fingerprint density at radius 1 is 1.22 bits per heavy atom. The van der Waals surface area contributed by atoms with Crippen LogP contribution in [0.2, 0.25) is 0 Å². The lowest BCUT2D eigenvalue weighted by molar-refractivity contribution is 0.0678. The molecule has 96 valence electrons. The van der Waals surface area contributed by atoms with Crippen LogP contribution in [0, 0.1) is 8.99 Å². The molecule has 1 aliphatic carbocycles. The van der Waals surface area contributed by atoms with E-state index in [0.717, 1.165) is 26.7 Å². The molecule has 1 aromatic carbocycles. The fourth-order valence-corrected chi connectivity index (χ4v) is 3.39. The maximum Gasteiger partial charge on any atom is 0.253 e. The van der Waals surface area contributed by atoms with E-state index in [4.69, 9.17) is 0 Å². The van der Waals surface area contributed by atoms with Crippen molar-refractivity contribution in [1.29, 1.82) is 0 Å². The van der Waals surface area contributed by atoms with Crippen molar-refractivity contribution in [3.8, 4) is 0 Å². The zero-order valence-corrected chi connectivity index (χ0v) is 13.8. The lowest BCUT2D eigenvalue weighted by Crippen LogP contribution is -2.39. The minimum Gasteiger partial charge on any atom is -0.339 e. The molecule has 0 radical (unpaired) electrons. The Balaban J connectivity index is 1.72. The topological polar surface area (TPSA) is 20.3 Å². The molecule has 2 nitrogen and oxygen atoms in total. The molecule has 4 heteroatoms. The third kappa shape index (κ3) is 2.46. The van der Waals surface area contributed by atoms with Gasteiger partial charge in [-0.1, -0.05) is 0 Å². The Hall–Kier alpha value is -0.100. The van der Waals surface area contributed by atoms with Crippen LogP contribution in [-0.2, 0) is 0 Å². The highest BCUT2D eigenvalue weighted by Gasteiger charge is 2.45. The molecule has 2 aliphatic rings. The highest BCUT2D eigenvalue weighted by molar-refractivity contribution is 14.1. The van der Waals surface area contributed by atoms with Crippen molar-refractivity contribution in [2.45, 2.75) is 25.7 Å². The van der Waals surface area contributed by atoms with Crippen LogP contribution in [0.4, 0.5) is 0 Å². The summed E-state index contributed by atoms with van der Waals surface area (Å²) in [5, 5.41) is 0. The summed E-state index contributed by atoms with van der Waals surface area (Å²) in [6, 6.07) is 5.85. The molecule has 0 N–H and O–H groups in total. The quantitative estimate of drug-likeness (QED) is 0.628. The van der Waals surface area contributed by atoms with E-state index in [9.17, 15) is 4.79 Å². The maximum atomic E-state index is 12.4. The van der Waals surface area contributed by atoms with E-state index in [-0.39, 0.29) is 5.91 Å². The minimum absolute atomic E-state index is 0.183. The van der Waals surface area contributed by atoms with Crippen LogP contribution in [0.25, 0.3) is 0 Å². The summed E-state index contributed by atoms with van der Waals surface area (Å²) in [5.74, 6) is 0.183. The van der Waals surface area contributed by atoms with E-state index >= 15 is 0 Å². The second-order valence-corrected chi connectivity index (χ2v) is 7.44. The summed E-state index contributed by atoms with van der Waals surface area (Å²) in [6.07, 6.45) is 5.16. The highest BCUT2D eigenvalue weighted by Crippen LogP contribution is 2.53. The van der Waals surface area contributed by atoms with E-state index in [2.05, 4.69) is 38.5 Å². The molecule has 1 heterocycles. The number of piperidine rings is 1. The van der Waals surface area contributed by atoms with E-state index in [1.807, 2.05) is 23.1 Å². The van der Waals surface area contributed by atoms with Crippen LogP contribution in [0.5, 0.6) is 0 Å². The Kier molecular flexibility index (Phi) is 3.43. The van der Waals surface area contributed by atoms with Crippen LogP contribution >= 0.6 is 38.5 Å². The fraction of sp³-hybridized carbons (Fsp3) is 0.500. The first-order chi connectivity index (χ1) is 8.60. The second-order valence-electron chi connectivity index (χ2n) is 5.42. The van der Waals surface area contributed by atoms with Gasteiger partial charge in [-0.3, -0.25) is 4.79 Å². The molecule has 1 saturated carbocycles. The number of nitrogens with zero attached hydrogens (tertiary/aromatic N) is 1. The number of amides is 1. The molecule has 0 atom stereocenters. The smallest absolute Gasteiger partial charge is 0.253 e. The molecule has 2 fully saturated rings. The second kappa shape index (κ2) is 4.78. The number of hydrogen-bond acceptors (Lipinski definition) is 1. The standard InChI is InChI=1S/C14H15BrINO/c15-11-9-10(1-2-12(11)16)13(18)17-7-5-14(3-4-14)6-8-17/h1-2,9H,3-8H2. The zero-order chi connectivity index (χ0) is 12.8. The minimum atomic E-state index is 0.183. The Labute approximate surface area is 129 Å².